The van der Waals surface area contributed by atoms with Crippen LogP contribution < -0.4 is 0 Å². The van der Waals surface area contributed by atoms with Gasteiger partial charge in [0.15, 0.2) is 6.10 Å². The third kappa shape index (κ3) is 6.87. The Labute approximate surface area is 197 Å². The van der Waals surface area contributed by atoms with E-state index in [0.29, 0.717) is 13.0 Å². The Morgan fingerprint density at radius 2 is 1.55 bits per heavy atom. The highest BCUT2D eigenvalue weighted by atomic mass is 16.5. The van der Waals surface area contributed by atoms with Crippen LogP contribution in [-0.2, 0) is 22.6 Å². The van der Waals surface area contributed by atoms with Crippen LogP contribution in [-0.4, -0.2) is 83.8 Å². The zero-order valence-corrected chi connectivity index (χ0v) is 19.7. The van der Waals surface area contributed by atoms with E-state index in [2.05, 4.69) is 40.1 Å². The van der Waals surface area contributed by atoms with Crippen molar-refractivity contribution in [3.05, 3.63) is 71.8 Å². The van der Waals surface area contributed by atoms with Gasteiger partial charge in [-0.15, -0.1) is 0 Å². The first-order chi connectivity index (χ1) is 16.1. The monoisotopic (exact) mass is 451 g/mol. The van der Waals surface area contributed by atoms with E-state index in [9.17, 15) is 9.90 Å². The smallest absolute Gasteiger partial charge is 0.254 e. The van der Waals surface area contributed by atoms with Crippen LogP contribution in [0.15, 0.2) is 60.7 Å². The van der Waals surface area contributed by atoms with Crippen molar-refractivity contribution in [3.63, 3.8) is 0 Å². The lowest BCUT2D eigenvalue weighted by Gasteiger charge is -2.38. The molecule has 33 heavy (non-hydrogen) atoms. The molecule has 6 heteroatoms. The van der Waals surface area contributed by atoms with E-state index in [4.69, 9.17) is 4.74 Å². The molecule has 2 fully saturated rings. The van der Waals surface area contributed by atoms with Gasteiger partial charge in [0.05, 0.1) is 12.2 Å². The summed E-state index contributed by atoms with van der Waals surface area (Å²) in [6, 6.07) is 20.6. The van der Waals surface area contributed by atoms with Gasteiger partial charge in [0.25, 0.3) is 5.91 Å². The number of benzene rings is 2. The summed E-state index contributed by atoms with van der Waals surface area (Å²) in [5.74, 6) is -0.134. The number of carbonyl (C=O) groups is 1. The molecule has 0 aliphatic carbocycles. The van der Waals surface area contributed by atoms with Crippen LogP contribution in [0.25, 0.3) is 0 Å². The molecule has 2 aromatic rings. The maximum absolute atomic E-state index is 13.0. The number of nitrogens with zero attached hydrogens (tertiary/aromatic N) is 3. The predicted octanol–water partition coefficient (Wildman–Crippen LogP) is 2.76. The number of amides is 1. The standard InChI is InChI=1S/C27H37N3O3/c1-28(20-22-8-4-2-5-9-22)27(32)26-25(31)13-12-24(33-26)14-15-29-16-18-30(19-17-29)21-23-10-6-3-7-11-23/h2-11,24-26,31H,12-21H2,1H3/t24-,25-,26-/m0/s1. The first-order valence-electron chi connectivity index (χ1n) is 12.2. The van der Waals surface area contributed by atoms with Gasteiger partial charge >= 0.3 is 0 Å². The number of aliphatic hydroxyl groups excluding tert-OH is 1. The third-order valence-electron chi connectivity index (χ3n) is 6.84. The number of rotatable bonds is 8. The van der Waals surface area contributed by atoms with E-state index < -0.39 is 12.2 Å². The van der Waals surface area contributed by atoms with Crippen molar-refractivity contribution < 1.29 is 14.6 Å². The molecule has 0 saturated carbocycles. The van der Waals surface area contributed by atoms with Gasteiger partial charge in [-0.1, -0.05) is 60.7 Å². The Kier molecular flexibility index (Phi) is 8.51. The molecule has 1 N–H and O–H groups in total. The lowest BCUT2D eigenvalue weighted by atomic mass is 9.98. The second kappa shape index (κ2) is 11.7. The summed E-state index contributed by atoms with van der Waals surface area (Å²) in [5, 5.41) is 10.5. The topological polar surface area (TPSA) is 56.2 Å². The summed E-state index contributed by atoms with van der Waals surface area (Å²) in [7, 11) is 1.78. The van der Waals surface area contributed by atoms with Crippen molar-refractivity contribution >= 4 is 5.91 Å². The normalized spacial score (nSPS) is 24.5. The van der Waals surface area contributed by atoms with Crippen molar-refractivity contribution in [1.29, 1.82) is 0 Å². The van der Waals surface area contributed by atoms with Crippen LogP contribution >= 0.6 is 0 Å². The minimum atomic E-state index is -0.764. The summed E-state index contributed by atoms with van der Waals surface area (Å²) in [6.07, 6.45) is 0.854. The molecule has 0 unspecified atom stereocenters. The van der Waals surface area contributed by atoms with Gasteiger partial charge in [-0.05, 0) is 30.4 Å². The van der Waals surface area contributed by atoms with E-state index in [0.717, 1.165) is 57.7 Å². The van der Waals surface area contributed by atoms with Crippen molar-refractivity contribution in [2.45, 2.75) is 50.7 Å². The highest BCUT2D eigenvalue weighted by molar-refractivity contribution is 5.81. The van der Waals surface area contributed by atoms with Gasteiger partial charge < -0.3 is 19.6 Å². The summed E-state index contributed by atoms with van der Waals surface area (Å²) in [4.78, 5) is 19.6. The number of ether oxygens (including phenoxy) is 1. The molecule has 0 radical (unpaired) electrons. The first-order valence-corrected chi connectivity index (χ1v) is 12.2. The van der Waals surface area contributed by atoms with Crippen LogP contribution in [0.3, 0.4) is 0 Å². The molecule has 4 rings (SSSR count). The molecule has 2 heterocycles. The van der Waals surface area contributed by atoms with Crippen LogP contribution in [0.2, 0.25) is 0 Å². The van der Waals surface area contributed by atoms with Gasteiger partial charge in [0, 0.05) is 52.9 Å². The molecule has 2 aromatic carbocycles. The average molecular weight is 452 g/mol. The highest BCUT2D eigenvalue weighted by Gasteiger charge is 2.36. The molecule has 0 aromatic heterocycles. The zero-order valence-electron chi connectivity index (χ0n) is 19.7. The minimum Gasteiger partial charge on any atom is -0.390 e. The maximum Gasteiger partial charge on any atom is 0.254 e. The zero-order chi connectivity index (χ0) is 23.0. The van der Waals surface area contributed by atoms with Crippen LogP contribution in [0.5, 0.6) is 0 Å². The Balaban J connectivity index is 1.20. The summed E-state index contributed by atoms with van der Waals surface area (Å²) >= 11 is 0. The number of hydrogen-bond acceptors (Lipinski definition) is 5. The molecule has 178 valence electrons. The molecular weight excluding hydrogens is 414 g/mol. The van der Waals surface area contributed by atoms with Gasteiger partial charge in [-0.25, -0.2) is 0 Å². The van der Waals surface area contributed by atoms with Crippen molar-refractivity contribution in [3.8, 4) is 0 Å². The Hall–Kier alpha value is -2.25. The lowest BCUT2D eigenvalue weighted by molar-refractivity contribution is -0.168. The van der Waals surface area contributed by atoms with Crippen molar-refractivity contribution in [1.82, 2.24) is 14.7 Å². The van der Waals surface area contributed by atoms with Gasteiger partial charge in [0.2, 0.25) is 0 Å². The van der Waals surface area contributed by atoms with E-state index >= 15 is 0 Å². The molecule has 2 saturated heterocycles. The Morgan fingerprint density at radius 1 is 0.939 bits per heavy atom. The SMILES string of the molecule is CN(Cc1ccccc1)C(=O)[C@H]1O[C@H](CCN2CCN(Cc3ccccc3)CC2)CC[C@@H]1O. The molecule has 3 atom stereocenters. The first kappa shape index (κ1) is 23.9. The number of piperazine rings is 1. The van der Waals surface area contributed by atoms with Crippen LogP contribution in [0.4, 0.5) is 0 Å². The number of carbonyl (C=O) groups excluding carboxylic acids is 1. The van der Waals surface area contributed by atoms with E-state index in [-0.39, 0.29) is 12.0 Å². The van der Waals surface area contributed by atoms with Gasteiger partial charge in [0.1, 0.15) is 0 Å². The lowest BCUT2D eigenvalue weighted by Crippen LogP contribution is -2.50. The average Bonchev–Trinajstić information content (AvgIpc) is 2.85. The van der Waals surface area contributed by atoms with Crippen molar-refractivity contribution in [2.24, 2.45) is 0 Å². The van der Waals surface area contributed by atoms with Crippen LogP contribution in [0, 0.1) is 0 Å². The molecule has 2 aliphatic rings. The fraction of sp³-hybridized carbons (Fsp3) is 0.519. The molecule has 0 spiro atoms. The summed E-state index contributed by atoms with van der Waals surface area (Å²) in [5.41, 5.74) is 2.44. The predicted molar refractivity (Wildman–Crippen MR) is 130 cm³/mol. The number of likely N-dealkylation sites (N-methyl/N-ethyl adjacent to an activating group) is 1. The Bertz CT molecular complexity index is 855. The molecule has 6 nitrogen and oxygen atoms in total. The largest absolute Gasteiger partial charge is 0.390 e. The van der Waals surface area contributed by atoms with Crippen LogP contribution in [0.1, 0.15) is 30.4 Å². The van der Waals surface area contributed by atoms with Gasteiger partial charge in [-0.3, -0.25) is 9.69 Å². The third-order valence-corrected chi connectivity index (χ3v) is 6.84. The fourth-order valence-corrected chi connectivity index (χ4v) is 4.80. The number of aliphatic hydroxyl groups is 1. The van der Waals surface area contributed by atoms with E-state index in [1.54, 1.807) is 11.9 Å². The van der Waals surface area contributed by atoms with Gasteiger partial charge in [-0.2, -0.15) is 0 Å². The second-order valence-corrected chi connectivity index (χ2v) is 9.40. The molecule has 0 bridgehead atoms. The summed E-state index contributed by atoms with van der Waals surface area (Å²) in [6.45, 7) is 6.77. The summed E-state index contributed by atoms with van der Waals surface area (Å²) < 4.78 is 6.13. The Morgan fingerprint density at radius 3 is 2.21 bits per heavy atom. The quantitative estimate of drug-likeness (QED) is 0.669. The fourth-order valence-electron chi connectivity index (χ4n) is 4.80. The van der Waals surface area contributed by atoms with Crippen molar-refractivity contribution in [2.75, 3.05) is 39.8 Å². The molecule has 2 aliphatic heterocycles. The minimum absolute atomic E-state index is 0.0230. The number of hydrogen-bond donors (Lipinski definition) is 1. The van der Waals surface area contributed by atoms with E-state index in [1.165, 1.54) is 5.56 Å². The molecule has 1 amide bonds. The molecular formula is C27H37N3O3. The van der Waals surface area contributed by atoms with E-state index in [1.807, 2.05) is 30.3 Å². The highest BCUT2D eigenvalue weighted by Crippen LogP contribution is 2.24. The second-order valence-electron chi connectivity index (χ2n) is 9.40. The maximum atomic E-state index is 13.0.